The molecule has 0 saturated carbocycles. The highest BCUT2D eigenvalue weighted by molar-refractivity contribution is 6.31. The first-order chi connectivity index (χ1) is 11.7. The summed E-state index contributed by atoms with van der Waals surface area (Å²) in [5, 5.41) is 3.62. The molecule has 1 heterocycles. The lowest BCUT2D eigenvalue weighted by Crippen LogP contribution is -2.37. The maximum Gasteiger partial charge on any atom is 0.255 e. The Morgan fingerprint density at radius 2 is 2.08 bits per heavy atom. The van der Waals surface area contributed by atoms with E-state index in [1.54, 1.807) is 25.3 Å². The molecular formula is C19H21ClN2O2. The lowest BCUT2D eigenvalue weighted by atomic mass is 10.1. The monoisotopic (exact) mass is 344 g/mol. The number of ether oxygens (including phenoxy) is 1. The first kappa shape index (κ1) is 16.8. The average molecular weight is 345 g/mol. The molecule has 24 heavy (non-hydrogen) atoms. The predicted molar refractivity (Wildman–Crippen MR) is 95.6 cm³/mol. The third-order valence-electron chi connectivity index (χ3n) is 4.26. The van der Waals surface area contributed by atoms with Crippen molar-refractivity contribution in [2.75, 3.05) is 20.2 Å². The summed E-state index contributed by atoms with van der Waals surface area (Å²) >= 11 is 6.00. The van der Waals surface area contributed by atoms with E-state index in [2.05, 4.69) is 34.5 Å². The highest BCUT2D eigenvalue weighted by Crippen LogP contribution is 2.23. The summed E-state index contributed by atoms with van der Waals surface area (Å²) < 4.78 is 5.26. The molecule has 0 radical (unpaired) electrons. The molecule has 3 rings (SSSR count). The summed E-state index contributed by atoms with van der Waals surface area (Å²) in [6.45, 7) is 2.74. The Hall–Kier alpha value is -2.04. The van der Waals surface area contributed by atoms with Crippen LogP contribution in [-0.4, -0.2) is 37.0 Å². The van der Waals surface area contributed by atoms with Gasteiger partial charge >= 0.3 is 0 Å². The molecule has 5 heteroatoms. The number of hydrogen-bond acceptors (Lipinski definition) is 3. The van der Waals surface area contributed by atoms with Gasteiger partial charge in [0.15, 0.2) is 0 Å². The topological polar surface area (TPSA) is 41.6 Å². The van der Waals surface area contributed by atoms with Gasteiger partial charge in [-0.05, 0) is 30.2 Å². The average Bonchev–Trinajstić information content (AvgIpc) is 3.02. The first-order valence-electron chi connectivity index (χ1n) is 8.06. The Kier molecular flexibility index (Phi) is 5.38. The lowest BCUT2D eigenvalue weighted by Gasteiger charge is -2.17. The molecule has 1 amide bonds. The van der Waals surface area contributed by atoms with Crippen LogP contribution in [0, 0.1) is 0 Å². The van der Waals surface area contributed by atoms with E-state index in [4.69, 9.17) is 16.3 Å². The van der Waals surface area contributed by atoms with E-state index in [0.29, 0.717) is 16.3 Å². The molecule has 0 bridgehead atoms. The number of rotatable bonds is 5. The van der Waals surface area contributed by atoms with Crippen LogP contribution in [0.25, 0.3) is 0 Å². The number of hydrogen-bond donors (Lipinski definition) is 1. The van der Waals surface area contributed by atoms with Gasteiger partial charge in [0.2, 0.25) is 0 Å². The number of amides is 1. The summed E-state index contributed by atoms with van der Waals surface area (Å²) in [6.07, 6.45) is 0.946. The van der Waals surface area contributed by atoms with E-state index in [1.165, 1.54) is 5.56 Å². The molecule has 1 aliphatic rings. The second-order valence-electron chi connectivity index (χ2n) is 6.02. The number of nitrogens with zero attached hydrogens (tertiary/aromatic N) is 1. The predicted octanol–water partition coefficient (Wildman–Crippen LogP) is 3.35. The Labute approximate surface area is 147 Å². The van der Waals surface area contributed by atoms with Gasteiger partial charge in [0.25, 0.3) is 5.91 Å². The molecule has 1 atom stereocenters. The minimum absolute atomic E-state index is 0.138. The van der Waals surface area contributed by atoms with Crippen LogP contribution in [0.1, 0.15) is 22.3 Å². The van der Waals surface area contributed by atoms with Crippen molar-refractivity contribution >= 4 is 17.5 Å². The van der Waals surface area contributed by atoms with E-state index in [9.17, 15) is 4.79 Å². The fourth-order valence-corrected chi connectivity index (χ4v) is 3.23. The van der Waals surface area contributed by atoms with E-state index in [-0.39, 0.29) is 11.9 Å². The summed E-state index contributed by atoms with van der Waals surface area (Å²) in [6, 6.07) is 15.6. The molecule has 0 aromatic heterocycles. The van der Waals surface area contributed by atoms with Crippen molar-refractivity contribution in [2.45, 2.75) is 19.0 Å². The zero-order valence-electron chi connectivity index (χ0n) is 13.7. The van der Waals surface area contributed by atoms with Crippen molar-refractivity contribution < 1.29 is 9.53 Å². The lowest BCUT2D eigenvalue weighted by molar-refractivity contribution is 0.0934. The minimum atomic E-state index is -0.138. The number of methoxy groups -OCH3 is 1. The van der Waals surface area contributed by atoms with Gasteiger partial charge in [0, 0.05) is 30.7 Å². The Morgan fingerprint density at radius 1 is 1.29 bits per heavy atom. The van der Waals surface area contributed by atoms with E-state index in [1.807, 2.05) is 6.07 Å². The Balaban J connectivity index is 1.59. The van der Waals surface area contributed by atoms with Gasteiger partial charge < -0.3 is 10.1 Å². The van der Waals surface area contributed by atoms with Gasteiger partial charge in [-0.3, -0.25) is 9.69 Å². The number of carbonyl (C=O) groups is 1. The van der Waals surface area contributed by atoms with Crippen LogP contribution in [0.3, 0.4) is 0 Å². The van der Waals surface area contributed by atoms with Crippen molar-refractivity contribution in [2.24, 2.45) is 0 Å². The van der Waals surface area contributed by atoms with Gasteiger partial charge in [-0.25, -0.2) is 0 Å². The molecule has 1 saturated heterocycles. The highest BCUT2D eigenvalue weighted by atomic mass is 35.5. The van der Waals surface area contributed by atoms with Crippen LogP contribution >= 0.6 is 11.6 Å². The van der Waals surface area contributed by atoms with Crippen molar-refractivity contribution in [3.8, 4) is 5.75 Å². The zero-order chi connectivity index (χ0) is 16.9. The van der Waals surface area contributed by atoms with Gasteiger partial charge in [-0.15, -0.1) is 0 Å². The first-order valence-corrected chi connectivity index (χ1v) is 8.44. The van der Waals surface area contributed by atoms with Crippen molar-refractivity contribution in [3.63, 3.8) is 0 Å². The number of halogens is 1. The van der Waals surface area contributed by atoms with Gasteiger partial charge in [0.1, 0.15) is 5.75 Å². The van der Waals surface area contributed by atoms with E-state index in [0.717, 1.165) is 26.1 Å². The smallest absolute Gasteiger partial charge is 0.255 e. The second-order valence-corrected chi connectivity index (χ2v) is 6.46. The molecule has 2 aromatic carbocycles. The summed E-state index contributed by atoms with van der Waals surface area (Å²) in [5.41, 5.74) is 1.77. The molecule has 1 aliphatic heterocycles. The number of benzene rings is 2. The highest BCUT2D eigenvalue weighted by Gasteiger charge is 2.25. The van der Waals surface area contributed by atoms with Crippen molar-refractivity contribution in [1.82, 2.24) is 10.2 Å². The summed E-state index contributed by atoms with van der Waals surface area (Å²) in [4.78, 5) is 14.9. The van der Waals surface area contributed by atoms with Crippen LogP contribution in [0.5, 0.6) is 5.75 Å². The molecule has 2 aromatic rings. The van der Waals surface area contributed by atoms with Crippen LogP contribution in [-0.2, 0) is 6.54 Å². The SMILES string of the molecule is COc1ccc(Cl)cc1C(=O)NC1CCN(Cc2ccccc2)C1. The largest absolute Gasteiger partial charge is 0.496 e. The zero-order valence-corrected chi connectivity index (χ0v) is 14.4. The number of likely N-dealkylation sites (tertiary alicyclic amines) is 1. The fourth-order valence-electron chi connectivity index (χ4n) is 3.06. The minimum Gasteiger partial charge on any atom is -0.496 e. The Morgan fingerprint density at radius 3 is 2.83 bits per heavy atom. The molecule has 126 valence electrons. The molecule has 0 aliphatic carbocycles. The number of nitrogens with one attached hydrogen (secondary N) is 1. The maximum atomic E-state index is 12.5. The van der Waals surface area contributed by atoms with Crippen molar-refractivity contribution in [3.05, 3.63) is 64.7 Å². The van der Waals surface area contributed by atoms with E-state index < -0.39 is 0 Å². The quantitative estimate of drug-likeness (QED) is 0.904. The number of carbonyl (C=O) groups excluding carboxylic acids is 1. The molecule has 4 nitrogen and oxygen atoms in total. The van der Waals surface area contributed by atoms with Crippen LogP contribution < -0.4 is 10.1 Å². The molecular weight excluding hydrogens is 324 g/mol. The Bertz CT molecular complexity index is 706. The molecule has 1 fully saturated rings. The normalized spacial score (nSPS) is 17.7. The standard InChI is InChI=1S/C19H21ClN2O2/c1-24-18-8-7-15(20)11-17(18)19(23)21-16-9-10-22(13-16)12-14-5-3-2-4-6-14/h2-8,11,16H,9-10,12-13H2,1H3,(H,21,23). The fraction of sp³-hybridized carbons (Fsp3) is 0.316. The molecule has 0 spiro atoms. The second kappa shape index (κ2) is 7.69. The van der Waals surface area contributed by atoms with Crippen LogP contribution in [0.4, 0.5) is 0 Å². The summed E-state index contributed by atoms with van der Waals surface area (Å²) in [7, 11) is 1.55. The van der Waals surface area contributed by atoms with Gasteiger partial charge in [0.05, 0.1) is 12.7 Å². The molecule has 1 unspecified atom stereocenters. The summed E-state index contributed by atoms with van der Waals surface area (Å²) in [5.74, 6) is 0.400. The van der Waals surface area contributed by atoms with Gasteiger partial charge in [-0.2, -0.15) is 0 Å². The molecule has 1 N–H and O–H groups in total. The van der Waals surface area contributed by atoms with Crippen LogP contribution in [0.15, 0.2) is 48.5 Å². The van der Waals surface area contributed by atoms with Crippen LogP contribution in [0.2, 0.25) is 5.02 Å². The van der Waals surface area contributed by atoms with E-state index >= 15 is 0 Å². The maximum absolute atomic E-state index is 12.5. The van der Waals surface area contributed by atoms with Gasteiger partial charge in [-0.1, -0.05) is 41.9 Å². The van der Waals surface area contributed by atoms with Crippen molar-refractivity contribution in [1.29, 1.82) is 0 Å². The third kappa shape index (κ3) is 4.08. The third-order valence-corrected chi connectivity index (χ3v) is 4.50.